The summed E-state index contributed by atoms with van der Waals surface area (Å²) in [6.07, 6.45) is 20.9. The normalized spacial score (nSPS) is 18.2. The number of anilines is 4. The lowest BCUT2D eigenvalue weighted by atomic mass is 9.99. The van der Waals surface area contributed by atoms with Gasteiger partial charge in [0.05, 0.1) is 76.2 Å². The van der Waals surface area contributed by atoms with Gasteiger partial charge in [0.15, 0.2) is 10.3 Å². The standard InChI is InChI=1S/C44H49N11O2S.C44H48N10O3S/c1-25(2)37(52-43-45-15-16-46-43)41(56)55-19-6-8-36(55)40-49-32-14-13-30(23-33(32)50-40)28-9-10-29-22-31(12-11-27(29)21-28)34-24-48-39(51-34)35-7-5-18-54(35)42(57)38(26(3)4)53-44-47-17-20-58-44;1-25(2)37(51-43-45-15-19-57-43)41(55)54-18-6-8-36(54)40-48-32-14-13-30(23-33(32)49-40)28-9-10-29-22-31(12-11-27(29)21-28)34-24-47-39(50-34)35-7-5-17-53(35)42(56)38(26(3)4)52-44-46-16-20-58-44/h9-17,20-26,35-38H,5-8,18-19H2,1-4H3,(H,47,53)(H,48,51)(H,49,50)(H2,45,46,52);9-16,19-26,35-38H,5-8,17-18H2,1-4H3,(H,45,51)(H,46,52)(H,47,50)(H,48,49)/t2*35-,36-,37-,38-/m00/s1. The molecule has 6 aromatic carbocycles. The van der Waals surface area contributed by atoms with Crippen LogP contribution in [0.15, 0.2) is 174 Å². The Hall–Kier alpha value is -12.0. The highest BCUT2D eigenvalue weighted by atomic mass is 32.1. The number of rotatable bonds is 24. The van der Waals surface area contributed by atoms with Crippen LogP contribution in [-0.2, 0) is 19.2 Å². The number of thiazole rings is 2. The minimum Gasteiger partial charge on any atom is -0.432 e. The van der Waals surface area contributed by atoms with E-state index >= 15 is 0 Å². The van der Waals surface area contributed by atoms with E-state index in [9.17, 15) is 19.2 Å². The van der Waals surface area contributed by atoms with Crippen molar-refractivity contribution in [3.8, 4) is 44.8 Å². The van der Waals surface area contributed by atoms with Gasteiger partial charge in [-0.05, 0) is 167 Å². The third-order valence-electron chi connectivity index (χ3n) is 23.2. The fourth-order valence-corrected chi connectivity index (χ4v) is 18.2. The van der Waals surface area contributed by atoms with Crippen LogP contribution in [-0.4, -0.2) is 158 Å². The SMILES string of the molecule is CC(C)[C@H](Nc1nccs1)C(=O)N1CCC[C@H]1c1ncc(-c2ccc3cc(-c4ccc5nc([C@@H]6CCCN6C(=O)[C@@H](Nc6ncc[nH]6)C(C)C)[nH]c5c4)ccc3c2)[nH]1.CC(C)[C@H](Nc1nccs1)C(=O)N1CCC[C@H]1c1ncc(-c2ccc3cc(-c4ccc5nc([C@@H]6CCCN6C(=O)[C@@H](Nc6ncco6)C(C)C)[nH]c5c4)ccc3c2)[nH]1. The van der Waals surface area contributed by atoms with Crippen LogP contribution in [0.3, 0.4) is 0 Å². The Morgan fingerprint density at radius 3 is 1.16 bits per heavy atom. The van der Waals surface area contributed by atoms with Crippen LogP contribution >= 0.6 is 22.7 Å². The van der Waals surface area contributed by atoms with Crippen molar-refractivity contribution in [3.63, 3.8) is 0 Å². The van der Waals surface area contributed by atoms with Gasteiger partial charge in [0.1, 0.15) is 53.7 Å². The number of oxazole rings is 1. The first kappa shape index (κ1) is 76.6. The maximum atomic E-state index is 13.9. The van der Waals surface area contributed by atoms with Gasteiger partial charge < -0.3 is 70.2 Å². The Morgan fingerprint density at radius 1 is 0.405 bits per heavy atom. The van der Waals surface area contributed by atoms with Gasteiger partial charge >= 0.3 is 0 Å². The first-order chi connectivity index (χ1) is 56.4. The molecule has 14 aromatic rings. The number of fused-ring (bicyclic) bond motifs is 4. The first-order valence-corrected chi connectivity index (χ1v) is 42.3. The smallest absolute Gasteiger partial charge is 0.295 e. The van der Waals surface area contributed by atoms with Gasteiger partial charge in [0, 0.05) is 72.9 Å². The fraction of sp³-hybridized carbons (Fsp3) is 0.364. The molecule has 12 heterocycles. The highest BCUT2D eigenvalue weighted by molar-refractivity contribution is 7.13. The molecular weight excluding hydrogens is 1500 g/mol. The average molecular weight is 1590 g/mol. The number of aromatic nitrogens is 13. The third kappa shape index (κ3) is 15.9. The molecule has 596 valence electrons. The van der Waals surface area contributed by atoms with Gasteiger partial charge in [-0.3, -0.25) is 19.2 Å². The molecule has 0 spiro atoms. The van der Waals surface area contributed by atoms with Crippen LogP contribution in [0.25, 0.3) is 88.4 Å². The van der Waals surface area contributed by atoms with Gasteiger partial charge in [-0.25, -0.2) is 39.9 Å². The number of nitrogens with one attached hydrogen (secondary N) is 9. The number of aromatic amines is 5. The number of imidazole rings is 5. The molecule has 8 aromatic heterocycles. The summed E-state index contributed by atoms with van der Waals surface area (Å²) in [6.45, 7) is 19.2. The number of hydrogen-bond donors (Lipinski definition) is 9. The molecule has 0 bridgehead atoms. The maximum Gasteiger partial charge on any atom is 0.295 e. The molecule has 9 N–H and O–H groups in total. The fourth-order valence-electron chi connectivity index (χ4n) is 17.0. The zero-order valence-electron chi connectivity index (χ0n) is 66.3. The molecule has 26 nitrogen and oxygen atoms in total. The summed E-state index contributed by atoms with van der Waals surface area (Å²) in [5.74, 6) is 4.44. The number of hydrogen-bond acceptors (Lipinski definition) is 19. The molecule has 0 radical (unpaired) electrons. The molecule has 8 atom stereocenters. The lowest BCUT2D eigenvalue weighted by molar-refractivity contribution is -0.134. The van der Waals surface area contributed by atoms with Gasteiger partial charge in [-0.2, -0.15) is 0 Å². The van der Waals surface area contributed by atoms with Crippen molar-refractivity contribution in [1.82, 2.24) is 84.4 Å². The quantitative estimate of drug-likeness (QED) is 0.0271. The Balaban J connectivity index is 0.000000167. The third-order valence-corrected chi connectivity index (χ3v) is 24.6. The molecule has 0 saturated carbocycles. The van der Waals surface area contributed by atoms with E-state index in [1.54, 1.807) is 31.0 Å². The van der Waals surface area contributed by atoms with Crippen LogP contribution in [0.4, 0.5) is 22.2 Å². The topological polar surface area (TPSA) is 325 Å². The van der Waals surface area contributed by atoms with E-state index in [1.165, 1.54) is 28.9 Å². The molecule has 18 rings (SSSR count). The van der Waals surface area contributed by atoms with Crippen molar-refractivity contribution >= 4 is 112 Å². The summed E-state index contributed by atoms with van der Waals surface area (Å²) in [4.78, 5) is 117. The second kappa shape index (κ2) is 33.1. The lowest BCUT2D eigenvalue weighted by Gasteiger charge is -2.30. The second-order valence-corrected chi connectivity index (χ2v) is 34.1. The van der Waals surface area contributed by atoms with Gasteiger partial charge in [0.25, 0.3) is 6.01 Å². The van der Waals surface area contributed by atoms with E-state index in [0.717, 1.165) is 173 Å². The number of carbonyl (C=O) groups excluding carboxylic acids is 4. The number of benzene rings is 6. The molecule has 4 saturated heterocycles. The molecule has 4 aliphatic heterocycles. The Labute approximate surface area is 680 Å². The van der Waals surface area contributed by atoms with Crippen LogP contribution < -0.4 is 21.3 Å². The Morgan fingerprint density at radius 2 is 0.784 bits per heavy atom. The predicted molar refractivity (Wildman–Crippen MR) is 456 cm³/mol. The predicted octanol–water partition coefficient (Wildman–Crippen LogP) is 17.4. The molecule has 0 unspecified atom stereocenters. The largest absolute Gasteiger partial charge is 0.432 e. The molecule has 4 amide bonds. The van der Waals surface area contributed by atoms with Crippen molar-refractivity contribution in [1.29, 1.82) is 0 Å². The van der Waals surface area contributed by atoms with E-state index in [0.29, 0.717) is 38.1 Å². The van der Waals surface area contributed by atoms with E-state index in [-0.39, 0.29) is 83.6 Å². The van der Waals surface area contributed by atoms with Crippen LogP contribution in [0.1, 0.15) is 154 Å². The van der Waals surface area contributed by atoms with Crippen molar-refractivity contribution < 1.29 is 23.6 Å². The first-order valence-electron chi connectivity index (χ1n) is 40.5. The Kier molecular flexibility index (Phi) is 21.8. The number of nitrogens with zero attached hydrogens (tertiary/aromatic N) is 12. The van der Waals surface area contributed by atoms with E-state index in [4.69, 9.17) is 24.4 Å². The summed E-state index contributed by atoms with van der Waals surface area (Å²) in [5.41, 5.74) is 12.0. The molecule has 0 aliphatic carbocycles. The minimum absolute atomic E-state index is 0.0211. The van der Waals surface area contributed by atoms with Gasteiger partial charge in [0.2, 0.25) is 29.6 Å². The summed E-state index contributed by atoms with van der Waals surface area (Å²) >= 11 is 3.01. The van der Waals surface area contributed by atoms with Crippen molar-refractivity contribution in [2.24, 2.45) is 23.7 Å². The van der Waals surface area contributed by atoms with Crippen LogP contribution in [0.5, 0.6) is 0 Å². The molecule has 4 aliphatic rings. The van der Waals surface area contributed by atoms with Crippen LogP contribution in [0.2, 0.25) is 0 Å². The monoisotopic (exact) mass is 1590 g/mol. The molecular formula is C88H97N21O5S2. The summed E-state index contributed by atoms with van der Waals surface area (Å²) in [7, 11) is 0. The van der Waals surface area contributed by atoms with E-state index < -0.39 is 12.1 Å². The summed E-state index contributed by atoms with van der Waals surface area (Å²) in [6, 6.07) is 36.9. The molecule has 28 heteroatoms. The highest BCUT2D eigenvalue weighted by Crippen LogP contribution is 2.41. The van der Waals surface area contributed by atoms with Crippen molar-refractivity contribution in [3.05, 3.63) is 193 Å². The zero-order valence-corrected chi connectivity index (χ0v) is 67.9. The van der Waals surface area contributed by atoms with E-state index in [1.807, 2.05) is 56.6 Å². The van der Waals surface area contributed by atoms with E-state index in [2.05, 4.69) is 217 Å². The minimum atomic E-state index is -0.461. The highest BCUT2D eigenvalue weighted by Gasteiger charge is 2.42. The second-order valence-electron chi connectivity index (χ2n) is 32.3. The van der Waals surface area contributed by atoms with Crippen molar-refractivity contribution in [2.45, 2.75) is 155 Å². The average Bonchev–Trinajstić information content (AvgIpc) is 1.50. The zero-order chi connectivity index (χ0) is 79.8. The number of amides is 4. The maximum absolute atomic E-state index is 13.9. The molecule has 4 fully saturated rings. The number of H-pyrrole nitrogens is 5. The Bertz CT molecular complexity index is 5440. The van der Waals surface area contributed by atoms with Crippen LogP contribution in [0, 0.1) is 23.7 Å². The number of likely N-dealkylation sites (tertiary alicyclic amines) is 4. The van der Waals surface area contributed by atoms with Gasteiger partial charge in [-0.1, -0.05) is 116 Å². The summed E-state index contributed by atoms with van der Waals surface area (Å²) in [5, 5.41) is 23.1. The molecule has 116 heavy (non-hydrogen) atoms. The summed E-state index contributed by atoms with van der Waals surface area (Å²) < 4.78 is 5.39. The van der Waals surface area contributed by atoms with Crippen molar-refractivity contribution in [2.75, 3.05) is 47.4 Å². The number of carbonyl (C=O) groups is 4. The lowest BCUT2D eigenvalue weighted by Crippen LogP contribution is -2.45. The van der Waals surface area contributed by atoms with Gasteiger partial charge in [-0.15, -0.1) is 22.7 Å².